The van der Waals surface area contributed by atoms with Gasteiger partial charge in [0.05, 0.1) is 11.7 Å². The zero-order valence-corrected chi connectivity index (χ0v) is 11.6. The van der Waals surface area contributed by atoms with Crippen molar-refractivity contribution in [2.45, 2.75) is 13.0 Å². The monoisotopic (exact) mass is 291 g/mol. The number of rotatable bonds is 3. The number of phenolic OH excluding ortho intramolecular Hbond substituents is 1. The third kappa shape index (κ3) is 3.10. The summed E-state index contributed by atoms with van der Waals surface area (Å²) in [4.78, 5) is 12.1. The van der Waals surface area contributed by atoms with E-state index in [-0.39, 0.29) is 11.3 Å². The van der Waals surface area contributed by atoms with E-state index < -0.39 is 12.0 Å². The van der Waals surface area contributed by atoms with Crippen molar-refractivity contribution < 1.29 is 15.0 Å². The smallest absolute Gasteiger partial charge is 0.259 e. The summed E-state index contributed by atoms with van der Waals surface area (Å²) in [5.41, 5.74) is 1.23. The van der Waals surface area contributed by atoms with Gasteiger partial charge in [-0.25, -0.2) is 0 Å². The van der Waals surface area contributed by atoms with Gasteiger partial charge in [0, 0.05) is 16.3 Å². The molecule has 0 bridgehead atoms. The predicted octanol–water partition coefficient (Wildman–Crippen LogP) is 3.35. The van der Waals surface area contributed by atoms with Crippen LogP contribution in [0.2, 0.25) is 5.02 Å². The van der Waals surface area contributed by atoms with Crippen molar-refractivity contribution in [3.63, 3.8) is 0 Å². The van der Waals surface area contributed by atoms with Gasteiger partial charge in [-0.2, -0.15) is 0 Å². The maximum Gasteiger partial charge on any atom is 0.259 e. The fraction of sp³-hybridized carbons (Fsp3) is 0.133. The van der Waals surface area contributed by atoms with Crippen molar-refractivity contribution in [2.24, 2.45) is 0 Å². The van der Waals surface area contributed by atoms with Crippen LogP contribution in [-0.4, -0.2) is 16.1 Å². The first-order valence-electron chi connectivity index (χ1n) is 6.06. The topological polar surface area (TPSA) is 69.6 Å². The third-order valence-corrected chi connectivity index (χ3v) is 3.10. The van der Waals surface area contributed by atoms with Crippen LogP contribution in [0.1, 0.15) is 28.9 Å². The van der Waals surface area contributed by atoms with Crippen LogP contribution in [0.5, 0.6) is 5.75 Å². The van der Waals surface area contributed by atoms with E-state index >= 15 is 0 Å². The molecule has 2 aromatic rings. The molecule has 0 aliphatic heterocycles. The molecular weight excluding hydrogens is 278 g/mol. The van der Waals surface area contributed by atoms with E-state index in [0.717, 1.165) is 0 Å². The van der Waals surface area contributed by atoms with Gasteiger partial charge in [0.25, 0.3) is 5.91 Å². The highest BCUT2D eigenvalue weighted by Crippen LogP contribution is 2.26. The van der Waals surface area contributed by atoms with Gasteiger partial charge in [-0.15, -0.1) is 0 Å². The highest BCUT2D eigenvalue weighted by Gasteiger charge is 2.14. The second-order valence-corrected chi connectivity index (χ2v) is 4.82. The number of phenols is 1. The first-order valence-corrected chi connectivity index (χ1v) is 6.43. The molecule has 1 amide bonds. The molecule has 5 heteroatoms. The maximum absolute atomic E-state index is 12.1. The standard InChI is InChI=1S/C15H14ClNO3/c1-9(18)11-4-2-3-5-13(11)17-15(20)12-7-6-10(16)8-14(12)19/h2-9,18-19H,1H3,(H,17,20). The van der Waals surface area contributed by atoms with Crippen LogP contribution >= 0.6 is 11.6 Å². The molecule has 3 N–H and O–H groups in total. The lowest BCUT2D eigenvalue weighted by Gasteiger charge is -2.13. The second-order valence-electron chi connectivity index (χ2n) is 4.38. The van der Waals surface area contributed by atoms with Crippen molar-refractivity contribution in [2.75, 3.05) is 5.32 Å². The second kappa shape index (κ2) is 5.94. The quantitative estimate of drug-likeness (QED) is 0.812. The highest BCUT2D eigenvalue weighted by atomic mass is 35.5. The molecule has 20 heavy (non-hydrogen) atoms. The Morgan fingerprint density at radius 1 is 1.25 bits per heavy atom. The molecule has 4 nitrogen and oxygen atoms in total. The Morgan fingerprint density at radius 3 is 2.60 bits per heavy atom. The van der Waals surface area contributed by atoms with Gasteiger partial charge in [-0.05, 0) is 31.2 Å². The molecule has 1 atom stereocenters. The van der Waals surface area contributed by atoms with E-state index in [0.29, 0.717) is 16.3 Å². The molecule has 0 fully saturated rings. The first kappa shape index (κ1) is 14.4. The Morgan fingerprint density at radius 2 is 1.95 bits per heavy atom. The number of benzene rings is 2. The van der Waals surface area contributed by atoms with Gasteiger partial charge in [0.15, 0.2) is 0 Å². The number of aliphatic hydroxyl groups excluding tert-OH is 1. The number of hydrogen-bond acceptors (Lipinski definition) is 3. The Labute approximate surface area is 121 Å². The molecule has 0 spiro atoms. The minimum absolute atomic E-state index is 0.120. The van der Waals surface area contributed by atoms with E-state index in [1.54, 1.807) is 31.2 Å². The van der Waals surface area contributed by atoms with E-state index in [1.807, 2.05) is 0 Å². The Balaban J connectivity index is 2.28. The molecule has 2 rings (SSSR count). The summed E-state index contributed by atoms with van der Waals surface area (Å²) >= 11 is 5.72. The lowest BCUT2D eigenvalue weighted by Crippen LogP contribution is -2.14. The molecular formula is C15H14ClNO3. The summed E-state index contributed by atoms with van der Waals surface area (Å²) in [5.74, 6) is -0.656. The third-order valence-electron chi connectivity index (χ3n) is 2.86. The van der Waals surface area contributed by atoms with E-state index in [4.69, 9.17) is 11.6 Å². The number of carbonyl (C=O) groups excluding carboxylic acids is 1. The number of nitrogens with one attached hydrogen (secondary N) is 1. The molecule has 0 heterocycles. The average molecular weight is 292 g/mol. The molecule has 0 aromatic heterocycles. The van der Waals surface area contributed by atoms with Crippen molar-refractivity contribution in [1.29, 1.82) is 0 Å². The van der Waals surface area contributed by atoms with E-state index in [2.05, 4.69) is 5.32 Å². The van der Waals surface area contributed by atoms with Gasteiger partial charge in [-0.1, -0.05) is 29.8 Å². The van der Waals surface area contributed by atoms with Crippen LogP contribution in [0.3, 0.4) is 0 Å². The fourth-order valence-electron chi connectivity index (χ4n) is 1.86. The minimum atomic E-state index is -0.703. The van der Waals surface area contributed by atoms with E-state index in [9.17, 15) is 15.0 Å². The summed E-state index contributed by atoms with van der Waals surface area (Å²) < 4.78 is 0. The largest absolute Gasteiger partial charge is 0.507 e. The van der Waals surface area contributed by atoms with Crippen LogP contribution < -0.4 is 5.32 Å². The normalized spacial score (nSPS) is 11.9. The average Bonchev–Trinajstić information content (AvgIpc) is 2.38. The number of para-hydroxylation sites is 1. The summed E-state index contributed by atoms with van der Waals surface area (Å²) in [6.45, 7) is 1.62. The Kier molecular flexibility index (Phi) is 4.27. The number of aliphatic hydroxyl groups is 1. The lowest BCUT2D eigenvalue weighted by atomic mass is 10.1. The molecule has 1 unspecified atom stereocenters. The molecule has 0 aliphatic carbocycles. The zero-order chi connectivity index (χ0) is 14.7. The predicted molar refractivity (Wildman–Crippen MR) is 78.1 cm³/mol. The molecule has 0 saturated carbocycles. The number of carbonyl (C=O) groups is 1. The Hall–Kier alpha value is -2.04. The highest BCUT2D eigenvalue weighted by molar-refractivity contribution is 6.31. The fourth-order valence-corrected chi connectivity index (χ4v) is 2.03. The number of anilines is 1. The number of halogens is 1. The van der Waals surface area contributed by atoms with Crippen LogP contribution in [0.15, 0.2) is 42.5 Å². The number of aromatic hydroxyl groups is 1. The summed E-state index contributed by atoms with van der Waals surface area (Å²) in [7, 11) is 0. The lowest BCUT2D eigenvalue weighted by molar-refractivity contribution is 0.102. The number of hydrogen-bond donors (Lipinski definition) is 3. The summed E-state index contributed by atoms with van der Waals surface area (Å²) in [6.07, 6.45) is -0.703. The Bertz CT molecular complexity index is 641. The van der Waals surface area contributed by atoms with Crippen molar-refractivity contribution in [1.82, 2.24) is 0 Å². The maximum atomic E-state index is 12.1. The first-order chi connectivity index (χ1) is 9.49. The minimum Gasteiger partial charge on any atom is -0.507 e. The van der Waals surface area contributed by atoms with Crippen molar-refractivity contribution in [3.05, 3.63) is 58.6 Å². The SMILES string of the molecule is CC(O)c1ccccc1NC(=O)c1ccc(Cl)cc1O. The number of amides is 1. The molecule has 0 aliphatic rings. The van der Waals surface area contributed by atoms with Crippen LogP contribution in [0, 0.1) is 0 Å². The molecule has 0 saturated heterocycles. The van der Waals surface area contributed by atoms with Crippen molar-refractivity contribution >= 4 is 23.2 Å². The van der Waals surface area contributed by atoms with Gasteiger partial charge in [0.1, 0.15) is 5.75 Å². The summed E-state index contributed by atoms with van der Waals surface area (Å²) in [6, 6.07) is 11.2. The van der Waals surface area contributed by atoms with Crippen LogP contribution in [0.4, 0.5) is 5.69 Å². The van der Waals surface area contributed by atoms with Gasteiger partial charge < -0.3 is 15.5 Å². The van der Waals surface area contributed by atoms with Crippen LogP contribution in [0.25, 0.3) is 0 Å². The van der Waals surface area contributed by atoms with Crippen molar-refractivity contribution in [3.8, 4) is 5.75 Å². The van der Waals surface area contributed by atoms with E-state index in [1.165, 1.54) is 18.2 Å². The van der Waals surface area contributed by atoms with Gasteiger partial charge in [-0.3, -0.25) is 4.79 Å². The molecule has 104 valence electrons. The molecule has 2 aromatic carbocycles. The van der Waals surface area contributed by atoms with Gasteiger partial charge >= 0.3 is 0 Å². The van der Waals surface area contributed by atoms with Crippen LogP contribution in [-0.2, 0) is 0 Å². The van der Waals surface area contributed by atoms with Gasteiger partial charge in [0.2, 0.25) is 0 Å². The molecule has 0 radical (unpaired) electrons. The summed E-state index contributed by atoms with van der Waals surface area (Å²) in [5, 5.41) is 22.4. The zero-order valence-electron chi connectivity index (χ0n) is 10.8.